The molecule has 0 radical (unpaired) electrons. The van der Waals surface area contributed by atoms with Crippen molar-refractivity contribution in [2.45, 2.75) is 6.54 Å². The summed E-state index contributed by atoms with van der Waals surface area (Å²) in [5, 5.41) is 1.07. The second-order valence-corrected chi connectivity index (χ2v) is 7.75. The molecule has 2 heterocycles. The third-order valence-corrected chi connectivity index (χ3v) is 5.91. The van der Waals surface area contributed by atoms with Gasteiger partial charge in [0.2, 0.25) is 0 Å². The van der Waals surface area contributed by atoms with Gasteiger partial charge in [-0.15, -0.1) is 0 Å². The summed E-state index contributed by atoms with van der Waals surface area (Å²) in [6, 6.07) is 16.5. The quantitative estimate of drug-likeness (QED) is 0.407. The van der Waals surface area contributed by atoms with Gasteiger partial charge in [-0.25, -0.2) is 4.98 Å². The van der Waals surface area contributed by atoms with Crippen molar-refractivity contribution in [2.75, 3.05) is 18.6 Å². The van der Waals surface area contributed by atoms with E-state index in [0.29, 0.717) is 33.7 Å². The van der Waals surface area contributed by atoms with Crippen LogP contribution in [0.5, 0.6) is 11.5 Å². The number of carbonyl (C=O) groups is 1. The Labute approximate surface area is 182 Å². The number of methoxy groups -OCH3 is 1. The highest BCUT2D eigenvalue weighted by molar-refractivity contribution is 7.23. The van der Waals surface area contributed by atoms with Crippen molar-refractivity contribution >= 4 is 44.2 Å². The fraction of sp³-hybridized carbons (Fsp3) is 0.136. The van der Waals surface area contributed by atoms with E-state index in [1.54, 1.807) is 48.7 Å². The molecule has 0 aliphatic heterocycles. The number of hydrogen-bond acceptors (Lipinski definition) is 6. The average Bonchev–Trinajstić information content (AvgIpc) is 3.24. The maximum absolute atomic E-state index is 13.1. The van der Waals surface area contributed by atoms with E-state index >= 15 is 0 Å². The molecular weight excluding hydrogens is 422 g/mol. The Morgan fingerprint density at radius 2 is 1.97 bits per heavy atom. The van der Waals surface area contributed by atoms with Crippen LogP contribution in [0.15, 0.2) is 67.0 Å². The third-order valence-electron chi connectivity index (χ3n) is 4.37. The number of benzene rings is 2. The summed E-state index contributed by atoms with van der Waals surface area (Å²) in [5.74, 6) is 1.00. The van der Waals surface area contributed by atoms with Gasteiger partial charge in [-0.05, 0) is 35.9 Å². The molecule has 8 heteroatoms. The van der Waals surface area contributed by atoms with Crippen molar-refractivity contribution < 1.29 is 14.3 Å². The molecule has 30 heavy (non-hydrogen) atoms. The molecule has 2 aromatic heterocycles. The normalized spacial score (nSPS) is 10.7. The monoisotopic (exact) mass is 439 g/mol. The van der Waals surface area contributed by atoms with Gasteiger partial charge in [0.05, 0.1) is 23.4 Å². The number of anilines is 1. The number of rotatable bonds is 7. The number of para-hydroxylation sites is 1. The van der Waals surface area contributed by atoms with E-state index in [0.717, 1.165) is 10.3 Å². The first-order valence-corrected chi connectivity index (χ1v) is 10.4. The fourth-order valence-corrected chi connectivity index (χ4v) is 4.17. The first-order chi connectivity index (χ1) is 14.7. The number of carbonyl (C=O) groups excluding carboxylic acids is 1. The molecule has 0 saturated heterocycles. The molecule has 0 N–H and O–H groups in total. The molecule has 0 aliphatic carbocycles. The zero-order valence-electron chi connectivity index (χ0n) is 16.1. The summed E-state index contributed by atoms with van der Waals surface area (Å²) in [5.41, 5.74) is 1.50. The Bertz CT molecular complexity index is 1150. The molecule has 1 amide bonds. The molecule has 152 valence electrons. The predicted octanol–water partition coefficient (Wildman–Crippen LogP) is 4.97. The van der Waals surface area contributed by atoms with Gasteiger partial charge in [0, 0.05) is 12.4 Å². The number of ether oxygens (including phenoxy) is 2. The number of pyridine rings is 1. The average molecular weight is 440 g/mol. The molecule has 0 spiro atoms. The van der Waals surface area contributed by atoms with Crippen LogP contribution >= 0.6 is 22.9 Å². The summed E-state index contributed by atoms with van der Waals surface area (Å²) >= 11 is 7.70. The summed E-state index contributed by atoms with van der Waals surface area (Å²) in [6.07, 6.45) is 3.41. The van der Waals surface area contributed by atoms with Gasteiger partial charge < -0.3 is 9.47 Å². The Morgan fingerprint density at radius 3 is 2.70 bits per heavy atom. The minimum absolute atomic E-state index is 0.120. The van der Waals surface area contributed by atoms with Crippen molar-refractivity contribution in [2.24, 2.45) is 0 Å². The smallest absolute Gasteiger partial charge is 0.267 e. The Balaban J connectivity index is 1.67. The van der Waals surface area contributed by atoms with Crippen molar-refractivity contribution in [1.29, 1.82) is 0 Å². The molecule has 0 saturated carbocycles. The molecule has 4 rings (SSSR count). The van der Waals surface area contributed by atoms with Gasteiger partial charge in [-0.3, -0.25) is 14.7 Å². The van der Waals surface area contributed by atoms with Crippen molar-refractivity contribution in [3.05, 3.63) is 77.6 Å². The van der Waals surface area contributed by atoms with Crippen LogP contribution in [0, 0.1) is 0 Å². The van der Waals surface area contributed by atoms with Gasteiger partial charge in [0.25, 0.3) is 5.91 Å². The summed E-state index contributed by atoms with van der Waals surface area (Å²) < 4.78 is 11.8. The first-order valence-electron chi connectivity index (χ1n) is 9.16. The zero-order valence-corrected chi connectivity index (χ0v) is 17.7. The number of aromatic nitrogens is 2. The summed E-state index contributed by atoms with van der Waals surface area (Å²) in [7, 11) is 1.58. The highest BCUT2D eigenvalue weighted by Gasteiger charge is 2.23. The maximum atomic E-state index is 13.1. The maximum Gasteiger partial charge on any atom is 0.267 e. The molecule has 6 nitrogen and oxygen atoms in total. The van der Waals surface area contributed by atoms with E-state index in [9.17, 15) is 4.79 Å². The zero-order chi connectivity index (χ0) is 20.9. The molecule has 0 aliphatic rings. The third kappa shape index (κ3) is 4.37. The molecule has 4 aromatic rings. The van der Waals surface area contributed by atoms with Gasteiger partial charge in [0.15, 0.2) is 11.7 Å². The van der Waals surface area contributed by atoms with Crippen LogP contribution in [0.3, 0.4) is 0 Å². The summed E-state index contributed by atoms with van der Waals surface area (Å²) in [4.78, 5) is 23.5. The van der Waals surface area contributed by atoms with Crippen LogP contribution in [-0.2, 0) is 11.3 Å². The number of amides is 1. The number of nitrogens with zero attached hydrogens (tertiary/aromatic N) is 3. The molecular formula is C22H18ClN3O3S. The van der Waals surface area contributed by atoms with Gasteiger partial charge in [0.1, 0.15) is 17.0 Å². The Hall–Kier alpha value is -3.16. The molecule has 0 bridgehead atoms. The van der Waals surface area contributed by atoms with E-state index in [-0.39, 0.29) is 12.5 Å². The van der Waals surface area contributed by atoms with Crippen LogP contribution in [0.4, 0.5) is 5.13 Å². The van der Waals surface area contributed by atoms with Crippen LogP contribution in [-0.4, -0.2) is 29.6 Å². The van der Waals surface area contributed by atoms with Gasteiger partial charge in [-0.1, -0.05) is 47.2 Å². The van der Waals surface area contributed by atoms with Crippen LogP contribution < -0.4 is 14.4 Å². The number of fused-ring (bicyclic) bond motifs is 1. The second kappa shape index (κ2) is 9.11. The lowest BCUT2D eigenvalue weighted by molar-refractivity contribution is -0.120. The van der Waals surface area contributed by atoms with Crippen LogP contribution in [0.2, 0.25) is 5.02 Å². The Kier molecular flexibility index (Phi) is 6.11. The largest absolute Gasteiger partial charge is 0.494 e. The van der Waals surface area contributed by atoms with Crippen molar-refractivity contribution in [3.63, 3.8) is 0 Å². The van der Waals surface area contributed by atoms with Gasteiger partial charge >= 0.3 is 0 Å². The Morgan fingerprint density at radius 1 is 1.13 bits per heavy atom. The molecule has 0 unspecified atom stereocenters. The minimum Gasteiger partial charge on any atom is -0.494 e. The van der Waals surface area contributed by atoms with Crippen LogP contribution in [0.25, 0.3) is 10.2 Å². The number of hydrogen-bond donors (Lipinski definition) is 0. The van der Waals surface area contributed by atoms with E-state index < -0.39 is 0 Å². The van der Waals surface area contributed by atoms with E-state index in [2.05, 4.69) is 9.97 Å². The lowest BCUT2D eigenvalue weighted by Gasteiger charge is -2.20. The SMILES string of the molecule is COc1ccc(Cl)c2sc(N(Cc3cccnc3)C(=O)COc3ccccc3)nc12. The topological polar surface area (TPSA) is 64.5 Å². The van der Waals surface area contributed by atoms with E-state index in [1.807, 2.05) is 30.3 Å². The highest BCUT2D eigenvalue weighted by atomic mass is 35.5. The number of halogens is 1. The molecule has 2 aromatic carbocycles. The van der Waals surface area contributed by atoms with E-state index in [1.165, 1.54) is 11.3 Å². The fourth-order valence-electron chi connectivity index (χ4n) is 2.90. The van der Waals surface area contributed by atoms with Crippen LogP contribution in [0.1, 0.15) is 5.56 Å². The molecule has 0 fully saturated rings. The highest BCUT2D eigenvalue weighted by Crippen LogP contribution is 2.39. The predicted molar refractivity (Wildman–Crippen MR) is 119 cm³/mol. The summed E-state index contributed by atoms with van der Waals surface area (Å²) in [6.45, 7) is 0.190. The van der Waals surface area contributed by atoms with Crippen molar-refractivity contribution in [3.8, 4) is 11.5 Å². The lowest BCUT2D eigenvalue weighted by Crippen LogP contribution is -2.34. The first kappa shape index (κ1) is 20.1. The number of thiazole rings is 1. The van der Waals surface area contributed by atoms with E-state index in [4.69, 9.17) is 21.1 Å². The van der Waals surface area contributed by atoms with Crippen molar-refractivity contribution in [1.82, 2.24) is 9.97 Å². The minimum atomic E-state index is -0.225. The second-order valence-electron chi connectivity index (χ2n) is 6.37. The lowest BCUT2D eigenvalue weighted by atomic mass is 10.2. The molecule has 0 atom stereocenters. The van der Waals surface area contributed by atoms with Gasteiger partial charge in [-0.2, -0.15) is 0 Å². The standard InChI is InChI=1S/C22H18ClN3O3S/c1-28-18-10-9-17(23)21-20(18)25-22(30-21)26(13-15-6-5-11-24-12-15)19(27)14-29-16-7-3-2-4-8-16/h2-12H,13-14H2,1H3.